The molecule has 0 amide bonds. The Morgan fingerprint density at radius 2 is 1.80 bits per heavy atom. The monoisotopic (exact) mass is 214 g/mol. The fourth-order valence-corrected chi connectivity index (χ4v) is 1.47. The van der Waals surface area contributed by atoms with Gasteiger partial charge in [0.2, 0.25) is 0 Å². The number of benzene rings is 1. The smallest absolute Gasteiger partial charge is 0.197 e. The second-order valence-corrected chi connectivity index (χ2v) is 3.24. The molecule has 0 radical (unpaired) electrons. The van der Waals surface area contributed by atoms with E-state index in [1.54, 1.807) is 6.07 Å². The third-order valence-corrected chi connectivity index (χ3v) is 2.25. The molecule has 0 bridgehead atoms. The molecule has 2 atom stereocenters. The van der Waals surface area contributed by atoms with Gasteiger partial charge in [0.05, 0.1) is 13.2 Å². The minimum absolute atomic E-state index is 0.0127. The van der Waals surface area contributed by atoms with E-state index in [0.717, 1.165) is 0 Å². The minimum atomic E-state index is -0.737. The van der Waals surface area contributed by atoms with Crippen LogP contribution in [0.1, 0.15) is 0 Å². The van der Waals surface area contributed by atoms with Crippen molar-refractivity contribution in [3.05, 3.63) is 24.0 Å². The summed E-state index contributed by atoms with van der Waals surface area (Å²) in [4.78, 5) is 0. The van der Waals surface area contributed by atoms with Crippen molar-refractivity contribution in [2.24, 2.45) is 0 Å². The summed E-state index contributed by atoms with van der Waals surface area (Å²) >= 11 is 0. The first-order chi connectivity index (χ1) is 7.26. The Labute approximate surface area is 85.9 Å². The van der Waals surface area contributed by atoms with E-state index in [2.05, 4.69) is 0 Å². The molecule has 1 aromatic rings. The zero-order valence-electron chi connectivity index (χ0n) is 7.89. The molecule has 2 rings (SSSR count). The molecular formula is C10H11FO4. The van der Waals surface area contributed by atoms with Crippen LogP contribution in [0.15, 0.2) is 18.2 Å². The summed E-state index contributed by atoms with van der Waals surface area (Å²) in [6, 6.07) is 4.29. The lowest BCUT2D eigenvalue weighted by Crippen LogP contribution is -2.44. The van der Waals surface area contributed by atoms with Crippen LogP contribution >= 0.6 is 0 Å². The highest BCUT2D eigenvalue weighted by atomic mass is 19.1. The lowest BCUT2D eigenvalue weighted by atomic mass is 10.2. The average Bonchev–Trinajstić information content (AvgIpc) is 2.28. The van der Waals surface area contributed by atoms with Crippen molar-refractivity contribution in [3.63, 3.8) is 0 Å². The molecule has 5 heteroatoms. The van der Waals surface area contributed by atoms with Crippen LogP contribution in [0.3, 0.4) is 0 Å². The molecule has 1 aliphatic heterocycles. The maximum atomic E-state index is 13.3. The Kier molecular flexibility index (Phi) is 2.75. The van der Waals surface area contributed by atoms with Crippen molar-refractivity contribution in [2.75, 3.05) is 13.2 Å². The predicted molar refractivity (Wildman–Crippen MR) is 49.4 cm³/mol. The van der Waals surface area contributed by atoms with Gasteiger partial charge in [-0.3, -0.25) is 0 Å². The molecule has 0 saturated carbocycles. The van der Waals surface area contributed by atoms with Gasteiger partial charge in [0.15, 0.2) is 29.5 Å². The van der Waals surface area contributed by atoms with E-state index in [1.807, 2.05) is 0 Å². The van der Waals surface area contributed by atoms with Crippen LogP contribution < -0.4 is 9.47 Å². The van der Waals surface area contributed by atoms with Crippen LogP contribution in [-0.2, 0) is 0 Å². The van der Waals surface area contributed by atoms with Gasteiger partial charge in [0, 0.05) is 0 Å². The number of fused-ring (bicyclic) bond motifs is 1. The van der Waals surface area contributed by atoms with Gasteiger partial charge < -0.3 is 19.7 Å². The van der Waals surface area contributed by atoms with Gasteiger partial charge in [-0.15, -0.1) is 0 Å². The van der Waals surface area contributed by atoms with E-state index in [0.29, 0.717) is 0 Å². The number of rotatable bonds is 2. The molecule has 2 N–H and O–H groups in total. The van der Waals surface area contributed by atoms with Gasteiger partial charge in [0.1, 0.15) is 0 Å². The number of aliphatic hydroxyl groups excluding tert-OH is 2. The van der Waals surface area contributed by atoms with Gasteiger partial charge in [-0.25, -0.2) is 4.39 Å². The van der Waals surface area contributed by atoms with Gasteiger partial charge >= 0.3 is 0 Å². The van der Waals surface area contributed by atoms with E-state index in [9.17, 15) is 4.39 Å². The molecular weight excluding hydrogens is 203 g/mol. The van der Waals surface area contributed by atoms with E-state index < -0.39 is 18.0 Å². The fraction of sp³-hybridized carbons (Fsp3) is 0.400. The molecule has 0 fully saturated rings. The SMILES string of the molecule is OCC1Oc2cccc(F)c2OC1CO. The molecule has 0 aliphatic carbocycles. The molecule has 2 unspecified atom stereocenters. The van der Waals surface area contributed by atoms with Crippen LogP contribution in [-0.4, -0.2) is 35.6 Å². The lowest BCUT2D eigenvalue weighted by molar-refractivity contribution is -0.0373. The fourth-order valence-electron chi connectivity index (χ4n) is 1.47. The van der Waals surface area contributed by atoms with Crippen molar-refractivity contribution in [2.45, 2.75) is 12.2 Å². The molecule has 0 saturated heterocycles. The van der Waals surface area contributed by atoms with E-state index in [-0.39, 0.29) is 24.7 Å². The van der Waals surface area contributed by atoms with Crippen molar-refractivity contribution >= 4 is 0 Å². The van der Waals surface area contributed by atoms with Crippen LogP contribution in [0.5, 0.6) is 11.5 Å². The summed E-state index contributed by atoms with van der Waals surface area (Å²) < 4.78 is 23.8. The van der Waals surface area contributed by atoms with Crippen LogP contribution in [0.4, 0.5) is 4.39 Å². The maximum absolute atomic E-state index is 13.3. The molecule has 4 nitrogen and oxygen atoms in total. The number of ether oxygens (including phenoxy) is 2. The summed E-state index contributed by atoms with van der Waals surface area (Å²) in [6.45, 7) is -0.625. The molecule has 1 aliphatic rings. The van der Waals surface area contributed by atoms with Crippen molar-refractivity contribution < 1.29 is 24.1 Å². The summed E-state index contributed by atoms with van der Waals surface area (Å²) in [5.74, 6) is -0.303. The zero-order chi connectivity index (χ0) is 10.8. The van der Waals surface area contributed by atoms with E-state index >= 15 is 0 Å². The zero-order valence-corrected chi connectivity index (χ0v) is 7.89. The van der Waals surface area contributed by atoms with Crippen LogP contribution in [0, 0.1) is 5.82 Å². The number of hydrogen-bond acceptors (Lipinski definition) is 4. The van der Waals surface area contributed by atoms with Gasteiger partial charge in [-0.2, -0.15) is 0 Å². The second kappa shape index (κ2) is 4.04. The average molecular weight is 214 g/mol. The predicted octanol–water partition coefficient (Wildman–Crippen LogP) is 0.319. The van der Waals surface area contributed by atoms with Crippen molar-refractivity contribution in [1.29, 1.82) is 0 Å². The highest BCUT2D eigenvalue weighted by molar-refractivity contribution is 5.42. The first-order valence-corrected chi connectivity index (χ1v) is 4.59. The Morgan fingerprint density at radius 1 is 1.13 bits per heavy atom. The largest absolute Gasteiger partial charge is 0.480 e. The molecule has 15 heavy (non-hydrogen) atoms. The van der Waals surface area contributed by atoms with Crippen molar-refractivity contribution in [3.8, 4) is 11.5 Å². The van der Waals surface area contributed by atoms with Crippen LogP contribution in [0.25, 0.3) is 0 Å². The third-order valence-electron chi connectivity index (χ3n) is 2.25. The Morgan fingerprint density at radius 3 is 2.47 bits per heavy atom. The topological polar surface area (TPSA) is 58.9 Å². The van der Waals surface area contributed by atoms with Crippen molar-refractivity contribution in [1.82, 2.24) is 0 Å². The third kappa shape index (κ3) is 1.75. The quantitative estimate of drug-likeness (QED) is 0.744. The minimum Gasteiger partial charge on any atom is -0.480 e. The van der Waals surface area contributed by atoms with E-state index in [1.165, 1.54) is 12.1 Å². The first kappa shape index (κ1) is 10.2. The first-order valence-electron chi connectivity index (χ1n) is 4.59. The molecule has 0 spiro atoms. The second-order valence-electron chi connectivity index (χ2n) is 3.24. The van der Waals surface area contributed by atoms with Gasteiger partial charge in [0.25, 0.3) is 0 Å². The Bertz CT molecular complexity index is 355. The lowest BCUT2D eigenvalue weighted by Gasteiger charge is -2.31. The highest BCUT2D eigenvalue weighted by Crippen LogP contribution is 2.35. The molecule has 82 valence electrons. The van der Waals surface area contributed by atoms with Crippen LogP contribution in [0.2, 0.25) is 0 Å². The maximum Gasteiger partial charge on any atom is 0.197 e. The van der Waals surface area contributed by atoms with Gasteiger partial charge in [-0.1, -0.05) is 6.07 Å². The standard InChI is InChI=1S/C10H11FO4/c11-6-2-1-3-7-10(6)15-9(5-13)8(4-12)14-7/h1-3,8-9,12-13H,4-5H2. The van der Waals surface area contributed by atoms with Gasteiger partial charge in [-0.05, 0) is 12.1 Å². The number of para-hydroxylation sites is 1. The van der Waals surface area contributed by atoms with E-state index in [4.69, 9.17) is 19.7 Å². The summed E-state index contributed by atoms with van der Waals surface area (Å²) in [5, 5.41) is 17.9. The number of halogens is 1. The Hall–Kier alpha value is -1.33. The molecule has 0 aromatic heterocycles. The summed E-state index contributed by atoms with van der Waals surface area (Å²) in [7, 11) is 0. The Balaban J connectivity index is 2.33. The summed E-state index contributed by atoms with van der Waals surface area (Å²) in [6.07, 6.45) is -1.40. The summed E-state index contributed by atoms with van der Waals surface area (Å²) in [5.41, 5.74) is 0. The normalized spacial score (nSPS) is 23.9. The number of hydrogen-bond donors (Lipinski definition) is 2. The number of aliphatic hydroxyl groups is 2. The highest BCUT2D eigenvalue weighted by Gasteiger charge is 2.32. The molecule has 1 aromatic carbocycles. The molecule has 1 heterocycles.